The van der Waals surface area contributed by atoms with Crippen LogP contribution in [0.1, 0.15) is 17.3 Å². The molecule has 2 aromatic rings. The average Bonchev–Trinajstić information content (AvgIpc) is 2.78. The second kappa shape index (κ2) is 4.61. The first-order valence-corrected chi connectivity index (χ1v) is 6.65. The lowest BCUT2D eigenvalue weighted by Gasteiger charge is -2.13. The molecule has 0 amide bonds. The summed E-state index contributed by atoms with van der Waals surface area (Å²) < 4.78 is 6.66. The molecule has 3 rings (SSSR count). The van der Waals surface area contributed by atoms with Crippen LogP contribution in [0.3, 0.4) is 0 Å². The Morgan fingerprint density at radius 2 is 2.11 bits per heavy atom. The van der Waals surface area contributed by atoms with Crippen molar-refractivity contribution in [2.45, 2.75) is 13.0 Å². The van der Waals surface area contributed by atoms with Crippen LogP contribution in [-0.2, 0) is 0 Å². The van der Waals surface area contributed by atoms with Gasteiger partial charge in [-0.05, 0) is 41.1 Å². The zero-order chi connectivity index (χ0) is 12.5. The quantitative estimate of drug-likeness (QED) is 0.918. The Kier molecular flexibility index (Phi) is 2.96. The number of halogens is 1. The summed E-state index contributed by atoms with van der Waals surface area (Å²) in [6, 6.07) is 12.3. The van der Waals surface area contributed by atoms with Crippen LogP contribution in [0.4, 0.5) is 5.82 Å². The predicted molar refractivity (Wildman–Crippen MR) is 75.0 cm³/mol. The molecule has 1 aliphatic heterocycles. The number of aromatic nitrogens is 1. The minimum absolute atomic E-state index is 0.175. The molecule has 1 aromatic heterocycles. The lowest BCUT2D eigenvalue weighted by molar-refractivity contribution is 0.339. The molecule has 2 heterocycles. The summed E-state index contributed by atoms with van der Waals surface area (Å²) in [5, 5.41) is 3.41. The molecule has 0 fully saturated rings. The van der Waals surface area contributed by atoms with E-state index in [4.69, 9.17) is 4.74 Å². The van der Waals surface area contributed by atoms with E-state index in [1.807, 2.05) is 37.3 Å². The third-order valence-electron chi connectivity index (χ3n) is 3.04. The van der Waals surface area contributed by atoms with Crippen molar-refractivity contribution in [3.05, 3.63) is 52.1 Å². The number of fused-ring (bicyclic) bond motifs is 1. The molecule has 1 aromatic carbocycles. The highest BCUT2D eigenvalue weighted by Crippen LogP contribution is 2.33. The second-order valence-electron chi connectivity index (χ2n) is 4.31. The third-order valence-corrected chi connectivity index (χ3v) is 3.88. The molecule has 0 spiro atoms. The van der Waals surface area contributed by atoms with Crippen LogP contribution < -0.4 is 10.1 Å². The van der Waals surface area contributed by atoms with Gasteiger partial charge in [0.15, 0.2) is 0 Å². The van der Waals surface area contributed by atoms with Gasteiger partial charge in [0.2, 0.25) is 0 Å². The monoisotopic (exact) mass is 304 g/mol. The fourth-order valence-corrected chi connectivity index (χ4v) is 2.31. The molecule has 0 saturated heterocycles. The van der Waals surface area contributed by atoms with E-state index in [-0.39, 0.29) is 6.04 Å². The standard InChI is InChI=1S/C14H13BrN2O/c1-9-11(15)6-7-14(16-9)17-12-8-18-13-5-3-2-4-10(12)13/h2-7,12H,8H2,1H3,(H,16,17). The van der Waals surface area contributed by atoms with Crippen molar-refractivity contribution >= 4 is 21.7 Å². The Bertz CT molecular complexity index is 586. The molecule has 1 N–H and O–H groups in total. The molecule has 18 heavy (non-hydrogen) atoms. The molecule has 92 valence electrons. The lowest BCUT2D eigenvalue weighted by atomic mass is 10.1. The average molecular weight is 305 g/mol. The summed E-state index contributed by atoms with van der Waals surface area (Å²) in [6.07, 6.45) is 0. The predicted octanol–water partition coefficient (Wildman–Crippen LogP) is 3.70. The number of pyridine rings is 1. The van der Waals surface area contributed by atoms with Crippen molar-refractivity contribution in [2.24, 2.45) is 0 Å². The number of para-hydroxylation sites is 1. The van der Waals surface area contributed by atoms with Gasteiger partial charge in [0.25, 0.3) is 0 Å². The Hall–Kier alpha value is -1.55. The van der Waals surface area contributed by atoms with Gasteiger partial charge < -0.3 is 10.1 Å². The van der Waals surface area contributed by atoms with Gasteiger partial charge in [-0.3, -0.25) is 0 Å². The second-order valence-corrected chi connectivity index (χ2v) is 5.16. The van der Waals surface area contributed by atoms with Crippen LogP contribution in [0, 0.1) is 6.92 Å². The van der Waals surface area contributed by atoms with Crippen molar-refractivity contribution in [1.29, 1.82) is 0 Å². The lowest BCUT2D eigenvalue weighted by Crippen LogP contribution is -2.13. The summed E-state index contributed by atoms with van der Waals surface area (Å²) in [5.41, 5.74) is 2.17. The van der Waals surface area contributed by atoms with Gasteiger partial charge in [-0.25, -0.2) is 4.98 Å². The minimum atomic E-state index is 0.175. The molecule has 0 bridgehead atoms. The van der Waals surface area contributed by atoms with Crippen LogP contribution >= 0.6 is 15.9 Å². The van der Waals surface area contributed by atoms with Crippen LogP contribution in [0.25, 0.3) is 0 Å². The van der Waals surface area contributed by atoms with E-state index in [1.165, 1.54) is 5.56 Å². The first-order chi connectivity index (χ1) is 8.74. The van der Waals surface area contributed by atoms with Crippen LogP contribution in [0.5, 0.6) is 5.75 Å². The summed E-state index contributed by atoms with van der Waals surface area (Å²) >= 11 is 3.45. The van der Waals surface area contributed by atoms with E-state index in [2.05, 4.69) is 32.3 Å². The number of nitrogens with zero attached hydrogens (tertiary/aromatic N) is 1. The Morgan fingerprint density at radius 1 is 1.28 bits per heavy atom. The van der Waals surface area contributed by atoms with Gasteiger partial charge in [-0.1, -0.05) is 18.2 Å². The first-order valence-electron chi connectivity index (χ1n) is 5.85. The highest BCUT2D eigenvalue weighted by Gasteiger charge is 2.23. The molecule has 3 nitrogen and oxygen atoms in total. The molecule has 4 heteroatoms. The molecule has 1 unspecified atom stereocenters. The SMILES string of the molecule is Cc1nc(NC2COc3ccccc32)ccc1Br. The van der Waals surface area contributed by atoms with E-state index >= 15 is 0 Å². The van der Waals surface area contributed by atoms with Crippen molar-refractivity contribution in [3.8, 4) is 5.75 Å². The molecule has 1 atom stereocenters. The zero-order valence-corrected chi connectivity index (χ0v) is 11.6. The van der Waals surface area contributed by atoms with Crippen LogP contribution in [0.15, 0.2) is 40.9 Å². The molecular formula is C14H13BrN2O. The fourth-order valence-electron chi connectivity index (χ4n) is 2.09. The van der Waals surface area contributed by atoms with E-state index in [0.717, 1.165) is 21.7 Å². The van der Waals surface area contributed by atoms with Gasteiger partial charge in [0.05, 0.1) is 11.7 Å². The number of hydrogen-bond acceptors (Lipinski definition) is 3. The highest BCUT2D eigenvalue weighted by atomic mass is 79.9. The molecule has 0 saturated carbocycles. The topological polar surface area (TPSA) is 34.2 Å². The number of aryl methyl sites for hydroxylation is 1. The maximum Gasteiger partial charge on any atom is 0.126 e. The third kappa shape index (κ3) is 2.08. The number of nitrogens with one attached hydrogen (secondary N) is 1. The molecular weight excluding hydrogens is 292 g/mol. The Balaban J connectivity index is 1.84. The summed E-state index contributed by atoms with van der Waals surface area (Å²) in [5.74, 6) is 1.84. The maximum absolute atomic E-state index is 5.64. The Labute approximate surface area is 114 Å². The maximum atomic E-state index is 5.64. The zero-order valence-electron chi connectivity index (χ0n) is 9.98. The van der Waals surface area contributed by atoms with E-state index < -0.39 is 0 Å². The van der Waals surface area contributed by atoms with Crippen molar-refractivity contribution in [3.63, 3.8) is 0 Å². The van der Waals surface area contributed by atoms with Crippen LogP contribution in [-0.4, -0.2) is 11.6 Å². The first kappa shape index (κ1) is 11.5. The molecule has 0 radical (unpaired) electrons. The number of hydrogen-bond donors (Lipinski definition) is 1. The Morgan fingerprint density at radius 3 is 2.94 bits per heavy atom. The molecule has 0 aliphatic carbocycles. The fraction of sp³-hybridized carbons (Fsp3) is 0.214. The number of benzene rings is 1. The largest absolute Gasteiger partial charge is 0.491 e. The summed E-state index contributed by atoms with van der Waals surface area (Å²) in [4.78, 5) is 4.50. The van der Waals surface area contributed by atoms with Gasteiger partial charge in [-0.15, -0.1) is 0 Å². The van der Waals surface area contributed by atoms with Crippen molar-refractivity contribution in [2.75, 3.05) is 11.9 Å². The van der Waals surface area contributed by atoms with Gasteiger partial charge >= 0.3 is 0 Å². The van der Waals surface area contributed by atoms with Gasteiger partial charge in [0, 0.05) is 10.0 Å². The van der Waals surface area contributed by atoms with Gasteiger partial charge in [0.1, 0.15) is 18.2 Å². The summed E-state index contributed by atoms with van der Waals surface area (Å²) in [7, 11) is 0. The van der Waals surface area contributed by atoms with E-state index in [0.29, 0.717) is 6.61 Å². The van der Waals surface area contributed by atoms with Crippen molar-refractivity contribution < 1.29 is 4.74 Å². The smallest absolute Gasteiger partial charge is 0.126 e. The normalized spacial score (nSPS) is 17.1. The summed E-state index contributed by atoms with van der Waals surface area (Å²) in [6.45, 7) is 2.63. The highest BCUT2D eigenvalue weighted by molar-refractivity contribution is 9.10. The van der Waals surface area contributed by atoms with E-state index in [1.54, 1.807) is 0 Å². The van der Waals surface area contributed by atoms with Crippen molar-refractivity contribution in [1.82, 2.24) is 4.98 Å². The molecule has 1 aliphatic rings. The minimum Gasteiger partial charge on any atom is -0.491 e. The van der Waals surface area contributed by atoms with Gasteiger partial charge in [-0.2, -0.15) is 0 Å². The van der Waals surface area contributed by atoms with Crippen LogP contribution in [0.2, 0.25) is 0 Å². The van der Waals surface area contributed by atoms with E-state index in [9.17, 15) is 0 Å². The number of anilines is 1. The number of ether oxygens (including phenoxy) is 1. The number of rotatable bonds is 2.